The molecular weight excluding hydrogens is 236 g/mol. The van der Waals surface area contributed by atoms with Gasteiger partial charge in [0.2, 0.25) is 0 Å². The van der Waals surface area contributed by atoms with E-state index < -0.39 is 10.8 Å². The Hall–Kier alpha value is -1.17. The van der Waals surface area contributed by atoms with Crippen LogP contribution in [0, 0.1) is 6.92 Å². The van der Waals surface area contributed by atoms with Gasteiger partial charge in [0.1, 0.15) is 18.0 Å². The van der Waals surface area contributed by atoms with Crippen LogP contribution in [0.5, 0.6) is 0 Å². The Morgan fingerprint density at radius 1 is 1.24 bits per heavy atom. The van der Waals surface area contributed by atoms with Crippen LogP contribution < -0.4 is 10.6 Å². The number of nitrogens with zero attached hydrogens (tertiary/aromatic N) is 2. The number of hydrogen-bond acceptors (Lipinski definition) is 5. The monoisotopic (exact) mass is 256 g/mol. The molecule has 0 fully saturated rings. The van der Waals surface area contributed by atoms with Crippen molar-refractivity contribution in [2.75, 3.05) is 35.7 Å². The summed E-state index contributed by atoms with van der Waals surface area (Å²) in [5, 5.41) is 6.43. The maximum Gasteiger partial charge on any atom is 0.134 e. The minimum atomic E-state index is -0.778. The lowest BCUT2D eigenvalue weighted by Gasteiger charge is -2.11. The zero-order chi connectivity index (χ0) is 12.7. The van der Waals surface area contributed by atoms with Crippen LogP contribution in [0.4, 0.5) is 11.6 Å². The van der Waals surface area contributed by atoms with Crippen molar-refractivity contribution in [3.63, 3.8) is 0 Å². The Labute approximate surface area is 105 Å². The zero-order valence-corrected chi connectivity index (χ0v) is 11.4. The van der Waals surface area contributed by atoms with Gasteiger partial charge in [-0.2, -0.15) is 0 Å². The van der Waals surface area contributed by atoms with Gasteiger partial charge >= 0.3 is 0 Å². The largest absolute Gasteiger partial charge is 0.370 e. The third-order valence-corrected chi connectivity index (χ3v) is 3.09. The highest BCUT2D eigenvalue weighted by molar-refractivity contribution is 7.84. The van der Waals surface area contributed by atoms with E-state index in [0.717, 1.165) is 30.2 Å². The predicted molar refractivity (Wildman–Crippen MR) is 73.0 cm³/mol. The highest BCUT2D eigenvalue weighted by Crippen LogP contribution is 2.17. The van der Waals surface area contributed by atoms with Gasteiger partial charge < -0.3 is 10.6 Å². The van der Waals surface area contributed by atoms with E-state index in [9.17, 15) is 4.21 Å². The molecule has 0 aliphatic carbocycles. The van der Waals surface area contributed by atoms with E-state index in [-0.39, 0.29) is 0 Å². The summed E-state index contributed by atoms with van der Waals surface area (Å²) in [5.41, 5.74) is 1.00. The first-order chi connectivity index (χ1) is 8.15. The van der Waals surface area contributed by atoms with Gasteiger partial charge in [-0.1, -0.05) is 6.92 Å². The van der Waals surface area contributed by atoms with E-state index in [1.807, 2.05) is 6.92 Å². The van der Waals surface area contributed by atoms with E-state index in [0.29, 0.717) is 12.3 Å². The molecule has 1 atom stereocenters. The van der Waals surface area contributed by atoms with Crippen molar-refractivity contribution in [3.8, 4) is 0 Å². The molecule has 2 N–H and O–H groups in total. The minimum absolute atomic E-state index is 0.626. The van der Waals surface area contributed by atoms with Gasteiger partial charge in [-0.3, -0.25) is 4.21 Å². The Kier molecular flexibility index (Phi) is 5.90. The molecule has 17 heavy (non-hydrogen) atoms. The molecule has 5 nitrogen and oxygen atoms in total. The quantitative estimate of drug-likeness (QED) is 0.772. The second kappa shape index (κ2) is 7.21. The predicted octanol–water partition coefficient (Wildman–Crippen LogP) is 1.40. The van der Waals surface area contributed by atoms with Crippen molar-refractivity contribution < 1.29 is 4.21 Å². The van der Waals surface area contributed by atoms with Crippen molar-refractivity contribution in [1.29, 1.82) is 0 Å². The summed E-state index contributed by atoms with van der Waals surface area (Å²) in [6, 6.07) is 0. The van der Waals surface area contributed by atoms with Gasteiger partial charge in [0.25, 0.3) is 0 Å². The van der Waals surface area contributed by atoms with E-state index in [1.165, 1.54) is 6.33 Å². The summed E-state index contributed by atoms with van der Waals surface area (Å²) < 4.78 is 11.0. The van der Waals surface area contributed by atoms with Gasteiger partial charge in [0, 0.05) is 41.5 Å². The molecule has 0 spiro atoms. The molecule has 1 heterocycles. The summed E-state index contributed by atoms with van der Waals surface area (Å²) in [4.78, 5) is 8.38. The minimum Gasteiger partial charge on any atom is -0.370 e. The summed E-state index contributed by atoms with van der Waals surface area (Å²) in [6.45, 7) is 5.65. The average Bonchev–Trinajstić information content (AvgIpc) is 2.29. The van der Waals surface area contributed by atoms with Crippen LogP contribution in [0.1, 0.15) is 18.9 Å². The molecular formula is C11H20N4OS. The van der Waals surface area contributed by atoms with Crippen LogP contribution in [0.2, 0.25) is 0 Å². The van der Waals surface area contributed by atoms with Crippen molar-refractivity contribution >= 4 is 22.4 Å². The van der Waals surface area contributed by atoms with E-state index >= 15 is 0 Å². The molecule has 0 bridgehead atoms. The lowest BCUT2D eigenvalue weighted by atomic mass is 10.3. The first-order valence-electron chi connectivity index (χ1n) is 5.74. The molecule has 1 unspecified atom stereocenters. The summed E-state index contributed by atoms with van der Waals surface area (Å²) in [7, 11) is -0.778. The molecule has 0 aliphatic heterocycles. The van der Waals surface area contributed by atoms with Crippen molar-refractivity contribution in [1.82, 2.24) is 9.97 Å². The third-order valence-electron chi connectivity index (χ3n) is 2.31. The third kappa shape index (κ3) is 4.68. The van der Waals surface area contributed by atoms with Gasteiger partial charge in [-0.15, -0.1) is 0 Å². The SMILES string of the molecule is CCCNc1ncnc(NCCS(C)=O)c1C. The van der Waals surface area contributed by atoms with Crippen LogP contribution in [-0.4, -0.2) is 39.3 Å². The molecule has 0 radical (unpaired) electrons. The maximum absolute atomic E-state index is 11.0. The molecule has 0 aliphatic rings. The Morgan fingerprint density at radius 3 is 2.35 bits per heavy atom. The second-order valence-electron chi connectivity index (χ2n) is 3.83. The van der Waals surface area contributed by atoms with Gasteiger partial charge in [0.15, 0.2) is 0 Å². The molecule has 1 rings (SSSR count). The summed E-state index contributed by atoms with van der Waals surface area (Å²) >= 11 is 0. The van der Waals surface area contributed by atoms with Crippen molar-refractivity contribution in [3.05, 3.63) is 11.9 Å². The van der Waals surface area contributed by atoms with Crippen LogP contribution in [0.3, 0.4) is 0 Å². The summed E-state index contributed by atoms with van der Waals surface area (Å²) in [6.07, 6.45) is 4.29. The summed E-state index contributed by atoms with van der Waals surface area (Å²) in [5.74, 6) is 2.30. The fourth-order valence-electron chi connectivity index (χ4n) is 1.36. The second-order valence-corrected chi connectivity index (χ2v) is 5.38. The van der Waals surface area contributed by atoms with Gasteiger partial charge in [0.05, 0.1) is 0 Å². The Morgan fingerprint density at radius 2 is 1.82 bits per heavy atom. The molecule has 0 saturated heterocycles. The number of aromatic nitrogens is 2. The average molecular weight is 256 g/mol. The molecule has 1 aromatic rings. The molecule has 0 aromatic carbocycles. The zero-order valence-electron chi connectivity index (χ0n) is 10.6. The van der Waals surface area contributed by atoms with E-state index in [4.69, 9.17) is 0 Å². The fraction of sp³-hybridized carbons (Fsp3) is 0.636. The van der Waals surface area contributed by atoms with E-state index in [2.05, 4.69) is 27.5 Å². The van der Waals surface area contributed by atoms with Gasteiger partial charge in [-0.05, 0) is 13.3 Å². The van der Waals surface area contributed by atoms with Crippen molar-refractivity contribution in [2.24, 2.45) is 0 Å². The molecule has 6 heteroatoms. The molecule has 96 valence electrons. The fourth-order valence-corrected chi connectivity index (χ4v) is 1.75. The number of anilines is 2. The topological polar surface area (TPSA) is 66.9 Å². The highest BCUT2D eigenvalue weighted by Gasteiger charge is 2.05. The number of rotatable bonds is 7. The first-order valence-corrected chi connectivity index (χ1v) is 7.47. The maximum atomic E-state index is 11.0. The molecule has 1 aromatic heterocycles. The smallest absolute Gasteiger partial charge is 0.134 e. The Bertz CT molecular complexity index is 384. The number of nitrogens with one attached hydrogen (secondary N) is 2. The van der Waals surface area contributed by atoms with Crippen LogP contribution >= 0.6 is 0 Å². The van der Waals surface area contributed by atoms with Crippen molar-refractivity contribution in [2.45, 2.75) is 20.3 Å². The Balaban J connectivity index is 2.62. The molecule has 0 saturated carbocycles. The lowest BCUT2D eigenvalue weighted by Crippen LogP contribution is -2.13. The normalized spacial score (nSPS) is 12.2. The van der Waals surface area contributed by atoms with E-state index in [1.54, 1.807) is 6.26 Å². The van der Waals surface area contributed by atoms with Crippen LogP contribution in [-0.2, 0) is 10.8 Å². The molecule has 0 amide bonds. The highest BCUT2D eigenvalue weighted by atomic mass is 32.2. The number of hydrogen-bond donors (Lipinski definition) is 2. The van der Waals surface area contributed by atoms with Crippen LogP contribution in [0.25, 0.3) is 0 Å². The lowest BCUT2D eigenvalue weighted by molar-refractivity contribution is 0.687. The van der Waals surface area contributed by atoms with Gasteiger partial charge in [-0.25, -0.2) is 9.97 Å². The standard InChI is InChI=1S/C11H20N4OS/c1-4-5-12-10-9(2)11(15-8-14-10)13-6-7-17(3)16/h8H,4-7H2,1-3H3,(H2,12,13,14,15). The first kappa shape index (κ1) is 13.9. The van der Waals surface area contributed by atoms with Crippen LogP contribution in [0.15, 0.2) is 6.33 Å².